The van der Waals surface area contributed by atoms with Crippen molar-refractivity contribution in [2.45, 2.75) is 18.9 Å². The molecule has 0 aromatic carbocycles. The number of carbonyl (C=O) groups excluding carboxylic acids is 2. The number of carbonyl (C=O) groups is 2. The number of ether oxygens (including phenoxy) is 1. The SMILES string of the molecule is O=C1CN(C2CCCS(=O)(=O)C2)CC(=O)O1. The van der Waals surface area contributed by atoms with Crippen LogP contribution in [-0.4, -0.2) is 55.9 Å². The number of cyclic esters (lactones) is 2. The van der Waals surface area contributed by atoms with Crippen molar-refractivity contribution >= 4 is 21.8 Å². The molecule has 0 radical (unpaired) electrons. The Labute approximate surface area is 93.5 Å². The average Bonchev–Trinajstić information content (AvgIpc) is 2.14. The monoisotopic (exact) mass is 247 g/mol. The molecule has 0 N–H and O–H groups in total. The van der Waals surface area contributed by atoms with Crippen LogP contribution in [0, 0.1) is 0 Å². The lowest BCUT2D eigenvalue weighted by molar-refractivity contribution is -0.167. The molecule has 7 heteroatoms. The summed E-state index contributed by atoms with van der Waals surface area (Å²) in [7, 11) is -3.02. The van der Waals surface area contributed by atoms with Gasteiger partial charge in [-0.3, -0.25) is 14.5 Å². The van der Waals surface area contributed by atoms with E-state index in [0.717, 1.165) is 0 Å². The second-order valence-corrected chi connectivity index (χ2v) is 6.39. The topological polar surface area (TPSA) is 80.8 Å². The first-order valence-electron chi connectivity index (χ1n) is 5.14. The van der Waals surface area contributed by atoms with E-state index in [1.54, 1.807) is 4.90 Å². The molecule has 0 saturated carbocycles. The number of hydrogen-bond donors (Lipinski definition) is 0. The molecule has 2 aliphatic heterocycles. The average molecular weight is 247 g/mol. The van der Waals surface area contributed by atoms with Crippen LogP contribution in [0.5, 0.6) is 0 Å². The van der Waals surface area contributed by atoms with Gasteiger partial charge in [-0.25, -0.2) is 8.42 Å². The molecule has 0 amide bonds. The van der Waals surface area contributed by atoms with E-state index in [0.29, 0.717) is 12.8 Å². The van der Waals surface area contributed by atoms with Gasteiger partial charge in [0.25, 0.3) is 0 Å². The highest BCUT2D eigenvalue weighted by Crippen LogP contribution is 2.19. The van der Waals surface area contributed by atoms with Crippen molar-refractivity contribution in [3.63, 3.8) is 0 Å². The van der Waals surface area contributed by atoms with Crippen molar-refractivity contribution in [1.82, 2.24) is 4.90 Å². The van der Waals surface area contributed by atoms with Crippen LogP contribution < -0.4 is 0 Å². The van der Waals surface area contributed by atoms with Crippen molar-refractivity contribution in [3.8, 4) is 0 Å². The van der Waals surface area contributed by atoms with Crippen LogP contribution in [0.4, 0.5) is 0 Å². The Morgan fingerprint density at radius 2 is 1.81 bits per heavy atom. The fourth-order valence-electron chi connectivity index (χ4n) is 2.12. The molecule has 6 nitrogen and oxygen atoms in total. The molecule has 0 bridgehead atoms. The summed E-state index contributed by atoms with van der Waals surface area (Å²) in [6.07, 6.45) is 1.30. The third-order valence-corrected chi connectivity index (χ3v) is 4.65. The van der Waals surface area contributed by atoms with Gasteiger partial charge < -0.3 is 4.74 Å². The predicted molar refractivity (Wildman–Crippen MR) is 54.3 cm³/mol. The first kappa shape index (κ1) is 11.5. The molecule has 0 aliphatic carbocycles. The summed E-state index contributed by atoms with van der Waals surface area (Å²) in [6.45, 7) is 0.0118. The highest BCUT2D eigenvalue weighted by atomic mass is 32.2. The second kappa shape index (κ2) is 4.14. The molecule has 2 heterocycles. The zero-order valence-electron chi connectivity index (χ0n) is 8.72. The lowest BCUT2D eigenvalue weighted by atomic mass is 10.1. The largest absolute Gasteiger partial charge is 0.391 e. The summed E-state index contributed by atoms with van der Waals surface area (Å²) >= 11 is 0. The molecule has 90 valence electrons. The van der Waals surface area contributed by atoms with E-state index in [-0.39, 0.29) is 30.6 Å². The van der Waals surface area contributed by atoms with Crippen LogP contribution in [0.1, 0.15) is 12.8 Å². The van der Waals surface area contributed by atoms with Crippen LogP contribution in [0.3, 0.4) is 0 Å². The maximum atomic E-state index is 11.4. The molecule has 0 aromatic rings. The van der Waals surface area contributed by atoms with E-state index in [9.17, 15) is 18.0 Å². The second-order valence-electron chi connectivity index (χ2n) is 4.16. The zero-order valence-corrected chi connectivity index (χ0v) is 9.53. The number of nitrogens with zero attached hydrogens (tertiary/aromatic N) is 1. The lowest BCUT2D eigenvalue weighted by Crippen LogP contribution is -2.51. The number of sulfone groups is 1. The zero-order chi connectivity index (χ0) is 11.8. The minimum absolute atomic E-state index is 0.00588. The molecule has 16 heavy (non-hydrogen) atoms. The molecule has 0 spiro atoms. The fourth-order valence-corrected chi connectivity index (χ4v) is 3.86. The smallest absolute Gasteiger partial charge is 0.327 e. The Hall–Kier alpha value is -0.950. The van der Waals surface area contributed by atoms with E-state index < -0.39 is 21.8 Å². The third kappa shape index (κ3) is 2.59. The predicted octanol–water partition coefficient (Wildman–Crippen LogP) is -1.05. The van der Waals surface area contributed by atoms with Gasteiger partial charge in [0, 0.05) is 6.04 Å². The summed E-state index contributed by atoms with van der Waals surface area (Å²) < 4.78 is 27.3. The van der Waals surface area contributed by atoms with E-state index in [4.69, 9.17) is 0 Å². The molecular weight excluding hydrogens is 234 g/mol. The molecule has 2 rings (SSSR count). The first-order valence-corrected chi connectivity index (χ1v) is 6.96. The van der Waals surface area contributed by atoms with Crippen molar-refractivity contribution in [2.24, 2.45) is 0 Å². The molecular formula is C9H13NO5S. The van der Waals surface area contributed by atoms with Gasteiger partial charge in [-0.1, -0.05) is 0 Å². The van der Waals surface area contributed by atoms with E-state index in [1.165, 1.54) is 0 Å². The normalized spacial score (nSPS) is 31.1. The number of morpholine rings is 1. The Morgan fingerprint density at radius 1 is 1.19 bits per heavy atom. The maximum absolute atomic E-state index is 11.4. The Balaban J connectivity index is 2.06. The van der Waals surface area contributed by atoms with E-state index in [2.05, 4.69) is 4.74 Å². The van der Waals surface area contributed by atoms with Crippen molar-refractivity contribution < 1.29 is 22.7 Å². The molecule has 2 saturated heterocycles. The van der Waals surface area contributed by atoms with Gasteiger partial charge in [0.2, 0.25) is 0 Å². The maximum Gasteiger partial charge on any atom is 0.327 e. The Morgan fingerprint density at radius 3 is 2.38 bits per heavy atom. The number of esters is 2. The van der Waals surface area contributed by atoms with Gasteiger partial charge in [-0.2, -0.15) is 0 Å². The van der Waals surface area contributed by atoms with Crippen LogP contribution in [0.2, 0.25) is 0 Å². The molecule has 2 fully saturated rings. The summed E-state index contributed by atoms with van der Waals surface area (Å²) in [5.41, 5.74) is 0. The highest BCUT2D eigenvalue weighted by Gasteiger charge is 2.34. The molecule has 1 unspecified atom stereocenters. The number of rotatable bonds is 1. The molecule has 1 atom stereocenters. The highest BCUT2D eigenvalue weighted by molar-refractivity contribution is 7.91. The van der Waals surface area contributed by atoms with Crippen LogP contribution in [0.25, 0.3) is 0 Å². The minimum atomic E-state index is -3.02. The first-order chi connectivity index (χ1) is 7.46. The number of hydrogen-bond acceptors (Lipinski definition) is 6. The fraction of sp³-hybridized carbons (Fsp3) is 0.778. The summed E-state index contributed by atoms with van der Waals surface area (Å²) in [6, 6.07) is -0.226. The summed E-state index contributed by atoms with van der Waals surface area (Å²) in [5.74, 6) is -0.957. The van der Waals surface area contributed by atoms with E-state index >= 15 is 0 Å². The quantitative estimate of drug-likeness (QED) is 0.434. The Kier molecular flexibility index (Phi) is 2.98. The van der Waals surface area contributed by atoms with Gasteiger partial charge in [0.1, 0.15) is 0 Å². The summed E-state index contributed by atoms with van der Waals surface area (Å²) in [5, 5.41) is 0. The van der Waals surface area contributed by atoms with Crippen molar-refractivity contribution in [2.75, 3.05) is 24.6 Å². The van der Waals surface area contributed by atoms with Gasteiger partial charge in [-0.15, -0.1) is 0 Å². The van der Waals surface area contributed by atoms with Gasteiger partial charge in [0.15, 0.2) is 9.84 Å². The van der Waals surface area contributed by atoms with Crippen molar-refractivity contribution in [3.05, 3.63) is 0 Å². The minimum Gasteiger partial charge on any atom is -0.391 e. The van der Waals surface area contributed by atoms with Crippen molar-refractivity contribution in [1.29, 1.82) is 0 Å². The van der Waals surface area contributed by atoms with E-state index in [1.807, 2.05) is 0 Å². The molecule has 2 aliphatic rings. The summed E-state index contributed by atoms with van der Waals surface area (Å²) in [4.78, 5) is 23.7. The van der Waals surface area contributed by atoms with Crippen LogP contribution >= 0.6 is 0 Å². The van der Waals surface area contributed by atoms with Crippen LogP contribution in [0.15, 0.2) is 0 Å². The molecule has 0 aromatic heterocycles. The van der Waals surface area contributed by atoms with Gasteiger partial charge in [-0.05, 0) is 12.8 Å². The third-order valence-electron chi connectivity index (χ3n) is 2.85. The lowest BCUT2D eigenvalue weighted by Gasteiger charge is -2.34. The van der Waals surface area contributed by atoms with Gasteiger partial charge >= 0.3 is 11.9 Å². The van der Waals surface area contributed by atoms with Crippen LogP contribution in [-0.2, 0) is 24.2 Å². The Bertz CT molecular complexity index is 400. The van der Waals surface area contributed by atoms with Gasteiger partial charge in [0.05, 0.1) is 24.6 Å². The standard InChI is InChI=1S/C9H13NO5S/c11-8-4-10(5-9(12)15-8)7-2-1-3-16(13,14)6-7/h7H,1-6H2.